The molecule has 1 aliphatic rings. The number of carbonyl (C=O) groups is 2. The van der Waals surface area contributed by atoms with E-state index >= 15 is 0 Å². The summed E-state index contributed by atoms with van der Waals surface area (Å²) in [6.45, 7) is 6.32. The second-order valence-corrected chi connectivity index (χ2v) is 7.81. The van der Waals surface area contributed by atoms with Crippen molar-refractivity contribution in [2.75, 3.05) is 11.4 Å². The number of aryl methyl sites for hydroxylation is 2. The minimum atomic E-state index is -1.83. The number of rotatable bonds is 5. The predicted molar refractivity (Wildman–Crippen MR) is 106 cm³/mol. The Morgan fingerprint density at radius 1 is 1.19 bits per heavy atom. The molecule has 26 heavy (non-hydrogen) atoms. The summed E-state index contributed by atoms with van der Waals surface area (Å²) in [5, 5.41) is 11.3. The second kappa shape index (κ2) is 6.97. The van der Waals surface area contributed by atoms with Crippen LogP contribution >= 0.6 is 15.9 Å². The molecule has 0 saturated carbocycles. The van der Waals surface area contributed by atoms with Crippen molar-refractivity contribution in [3.63, 3.8) is 0 Å². The Balaban J connectivity index is 2.02. The highest BCUT2D eigenvalue weighted by molar-refractivity contribution is 9.10. The first-order chi connectivity index (χ1) is 12.3. The lowest BCUT2D eigenvalue weighted by atomic mass is 9.87. The maximum Gasteiger partial charge on any atom is 0.264 e. The van der Waals surface area contributed by atoms with Gasteiger partial charge in [-0.3, -0.25) is 9.59 Å². The molecular weight excluding hydrogens is 394 g/mol. The maximum atomic E-state index is 13.0. The highest BCUT2D eigenvalue weighted by Gasteiger charge is 2.50. The van der Waals surface area contributed by atoms with Gasteiger partial charge in [-0.25, -0.2) is 0 Å². The molecule has 0 fully saturated rings. The first-order valence-electron chi connectivity index (χ1n) is 8.72. The number of benzene rings is 2. The molecule has 2 aromatic rings. The van der Waals surface area contributed by atoms with Crippen LogP contribution < -0.4 is 4.90 Å². The van der Waals surface area contributed by atoms with Crippen molar-refractivity contribution < 1.29 is 14.7 Å². The van der Waals surface area contributed by atoms with Crippen LogP contribution in [-0.2, 0) is 10.4 Å². The molecule has 0 spiro atoms. The number of ketones is 1. The fraction of sp³-hybridized carbons (Fsp3) is 0.333. The number of carbonyl (C=O) groups excluding carboxylic acids is 2. The molecule has 1 atom stereocenters. The lowest BCUT2D eigenvalue weighted by Gasteiger charge is -2.23. The van der Waals surface area contributed by atoms with Crippen molar-refractivity contribution in [2.45, 2.75) is 39.2 Å². The van der Waals surface area contributed by atoms with Gasteiger partial charge in [0.15, 0.2) is 11.4 Å². The Morgan fingerprint density at radius 2 is 1.92 bits per heavy atom. The molecule has 1 aliphatic heterocycles. The van der Waals surface area contributed by atoms with Crippen molar-refractivity contribution in [1.82, 2.24) is 0 Å². The monoisotopic (exact) mass is 415 g/mol. The fourth-order valence-electron chi connectivity index (χ4n) is 3.59. The van der Waals surface area contributed by atoms with E-state index in [1.807, 2.05) is 45.0 Å². The Labute approximate surface area is 162 Å². The van der Waals surface area contributed by atoms with Gasteiger partial charge < -0.3 is 10.0 Å². The first kappa shape index (κ1) is 18.8. The SMILES string of the molecule is CCCN1C(=O)[C@@](O)(CC(=O)c2ccc(C)cc2C)c2cc(Br)ccc21. The number of Topliss-reactive ketones (excluding diaryl/α,β-unsaturated/α-hetero) is 1. The van der Waals surface area contributed by atoms with Gasteiger partial charge in [0.05, 0.1) is 12.1 Å². The van der Waals surface area contributed by atoms with Crippen LogP contribution in [0.1, 0.15) is 46.8 Å². The predicted octanol–water partition coefficient (Wildman–Crippen LogP) is 4.28. The lowest BCUT2D eigenvalue weighted by molar-refractivity contribution is -0.135. The first-order valence-corrected chi connectivity index (χ1v) is 9.52. The third-order valence-corrected chi connectivity index (χ3v) is 5.33. The van der Waals surface area contributed by atoms with Crippen LogP contribution in [0.2, 0.25) is 0 Å². The van der Waals surface area contributed by atoms with E-state index in [1.54, 1.807) is 17.0 Å². The number of nitrogens with zero attached hydrogens (tertiary/aromatic N) is 1. The summed E-state index contributed by atoms with van der Waals surface area (Å²) < 4.78 is 0.764. The van der Waals surface area contributed by atoms with Crippen LogP contribution in [0.3, 0.4) is 0 Å². The molecule has 2 aromatic carbocycles. The van der Waals surface area contributed by atoms with E-state index in [1.165, 1.54) is 0 Å². The van der Waals surface area contributed by atoms with E-state index in [9.17, 15) is 14.7 Å². The van der Waals surface area contributed by atoms with Gasteiger partial charge in [-0.05, 0) is 44.0 Å². The molecule has 0 bridgehead atoms. The number of aliphatic hydroxyl groups is 1. The number of hydrogen-bond acceptors (Lipinski definition) is 3. The Hall–Kier alpha value is -1.98. The molecule has 136 valence electrons. The summed E-state index contributed by atoms with van der Waals surface area (Å²) in [4.78, 5) is 27.5. The van der Waals surface area contributed by atoms with Crippen molar-refractivity contribution in [1.29, 1.82) is 0 Å². The standard InChI is InChI=1S/C21H22BrNO3/c1-4-9-23-18-8-6-15(22)11-17(18)21(26,20(23)25)12-19(24)16-7-5-13(2)10-14(16)3/h5-8,10-11,26H,4,9,12H2,1-3H3/t21-/m1/s1. The van der Waals surface area contributed by atoms with Crippen LogP contribution in [0.5, 0.6) is 0 Å². The summed E-state index contributed by atoms with van der Waals surface area (Å²) in [6.07, 6.45) is 0.502. The summed E-state index contributed by atoms with van der Waals surface area (Å²) in [5.74, 6) is -0.659. The smallest absolute Gasteiger partial charge is 0.264 e. The summed E-state index contributed by atoms with van der Waals surface area (Å²) in [6, 6.07) is 11.0. The zero-order valence-electron chi connectivity index (χ0n) is 15.2. The normalized spacial score (nSPS) is 19.0. The number of fused-ring (bicyclic) bond motifs is 1. The van der Waals surface area contributed by atoms with E-state index in [0.29, 0.717) is 23.4 Å². The average Bonchev–Trinajstić information content (AvgIpc) is 2.77. The average molecular weight is 416 g/mol. The fourth-order valence-corrected chi connectivity index (χ4v) is 3.95. The molecule has 0 unspecified atom stereocenters. The molecule has 1 N–H and O–H groups in total. The topological polar surface area (TPSA) is 57.6 Å². The van der Waals surface area contributed by atoms with Gasteiger partial charge in [0.1, 0.15) is 0 Å². The number of halogens is 1. The van der Waals surface area contributed by atoms with Crippen molar-refractivity contribution in [2.24, 2.45) is 0 Å². The van der Waals surface area contributed by atoms with Gasteiger partial charge in [-0.15, -0.1) is 0 Å². The van der Waals surface area contributed by atoms with Crippen LogP contribution in [0.4, 0.5) is 5.69 Å². The van der Waals surface area contributed by atoms with Crippen LogP contribution in [-0.4, -0.2) is 23.3 Å². The van der Waals surface area contributed by atoms with E-state index in [2.05, 4.69) is 15.9 Å². The van der Waals surface area contributed by atoms with Crippen molar-refractivity contribution in [3.05, 3.63) is 63.1 Å². The number of hydrogen-bond donors (Lipinski definition) is 1. The highest BCUT2D eigenvalue weighted by Crippen LogP contribution is 2.44. The molecule has 5 heteroatoms. The van der Waals surface area contributed by atoms with E-state index in [-0.39, 0.29) is 12.2 Å². The van der Waals surface area contributed by atoms with Gasteiger partial charge in [-0.1, -0.05) is 46.6 Å². The van der Waals surface area contributed by atoms with E-state index in [0.717, 1.165) is 22.0 Å². The van der Waals surface area contributed by atoms with Crippen molar-refractivity contribution >= 4 is 33.3 Å². The molecule has 1 amide bonds. The second-order valence-electron chi connectivity index (χ2n) is 6.90. The van der Waals surface area contributed by atoms with E-state index < -0.39 is 11.5 Å². The van der Waals surface area contributed by atoms with Gasteiger partial charge in [0, 0.05) is 22.1 Å². The van der Waals surface area contributed by atoms with Gasteiger partial charge >= 0.3 is 0 Å². The van der Waals surface area contributed by atoms with Gasteiger partial charge in [0.25, 0.3) is 5.91 Å². The van der Waals surface area contributed by atoms with Gasteiger partial charge in [0.2, 0.25) is 0 Å². The minimum Gasteiger partial charge on any atom is -0.375 e. The maximum absolute atomic E-state index is 13.0. The lowest BCUT2D eigenvalue weighted by Crippen LogP contribution is -2.42. The van der Waals surface area contributed by atoms with Crippen molar-refractivity contribution in [3.8, 4) is 0 Å². The number of anilines is 1. The Morgan fingerprint density at radius 3 is 2.58 bits per heavy atom. The van der Waals surface area contributed by atoms with E-state index in [4.69, 9.17) is 0 Å². The zero-order valence-corrected chi connectivity index (χ0v) is 16.8. The van der Waals surface area contributed by atoms with Crippen LogP contribution in [0.25, 0.3) is 0 Å². The molecule has 3 rings (SSSR count). The third-order valence-electron chi connectivity index (χ3n) is 4.84. The Bertz CT molecular complexity index is 893. The summed E-state index contributed by atoms with van der Waals surface area (Å²) in [7, 11) is 0. The zero-order chi connectivity index (χ0) is 19.1. The van der Waals surface area contributed by atoms with Gasteiger partial charge in [-0.2, -0.15) is 0 Å². The minimum absolute atomic E-state index is 0.234. The molecule has 0 radical (unpaired) electrons. The molecule has 1 heterocycles. The highest BCUT2D eigenvalue weighted by atomic mass is 79.9. The molecule has 0 saturated heterocycles. The number of amides is 1. The van der Waals surface area contributed by atoms with Crippen LogP contribution in [0, 0.1) is 13.8 Å². The molecule has 0 aromatic heterocycles. The largest absolute Gasteiger partial charge is 0.375 e. The third kappa shape index (κ3) is 3.10. The quantitative estimate of drug-likeness (QED) is 0.741. The summed E-state index contributed by atoms with van der Waals surface area (Å²) >= 11 is 3.40. The summed E-state index contributed by atoms with van der Waals surface area (Å²) in [5.41, 5.74) is 1.80. The molecule has 0 aliphatic carbocycles. The molecule has 4 nitrogen and oxygen atoms in total. The van der Waals surface area contributed by atoms with Crippen LogP contribution in [0.15, 0.2) is 40.9 Å². The molecular formula is C21H22BrNO3. The Kier molecular flexibility index (Phi) is 5.04.